The first-order chi connectivity index (χ1) is 9.72. The monoisotopic (exact) mass is 317 g/mol. The van der Waals surface area contributed by atoms with E-state index in [0.29, 0.717) is 0 Å². The zero-order chi connectivity index (χ0) is 16.5. The molecular weight excluding hydrogens is 289 g/mol. The quantitative estimate of drug-likeness (QED) is 0.275. The van der Waals surface area contributed by atoms with Crippen LogP contribution in [-0.2, 0) is 13.6 Å². The minimum absolute atomic E-state index is 0.235. The van der Waals surface area contributed by atoms with Crippen molar-refractivity contribution in [2.45, 2.75) is 60.3 Å². The summed E-state index contributed by atoms with van der Waals surface area (Å²) in [7, 11) is -3.77. The van der Waals surface area contributed by atoms with E-state index in [1.165, 1.54) is 0 Å². The second-order valence-electron chi connectivity index (χ2n) is 5.93. The van der Waals surface area contributed by atoms with Crippen LogP contribution in [0.4, 0.5) is 0 Å². The summed E-state index contributed by atoms with van der Waals surface area (Å²) >= 11 is 0. The van der Waals surface area contributed by atoms with E-state index >= 15 is 0 Å². The van der Waals surface area contributed by atoms with Crippen molar-refractivity contribution in [3.05, 3.63) is 11.1 Å². The highest BCUT2D eigenvalue weighted by atomic mass is 31.2. The summed E-state index contributed by atoms with van der Waals surface area (Å²) in [6.07, 6.45) is 3.20. The molecule has 0 amide bonds. The molecule has 0 rings (SSSR count). The van der Waals surface area contributed by atoms with Gasteiger partial charge in [0, 0.05) is 5.41 Å². The molecule has 0 radical (unpaired) electrons. The summed E-state index contributed by atoms with van der Waals surface area (Å²) < 4.78 is 23.7. The first-order valence-electron chi connectivity index (χ1n) is 7.46. The average Bonchev–Trinajstić information content (AvgIpc) is 2.39. The Balaban J connectivity index is 5.43. The van der Waals surface area contributed by atoms with Crippen LogP contribution in [0.1, 0.15) is 60.3 Å². The fraction of sp³-hybridized carbons (Fsp3) is 0.800. The fourth-order valence-electron chi connectivity index (χ4n) is 1.42. The molecule has 6 heteroatoms. The molecule has 21 heavy (non-hydrogen) atoms. The van der Waals surface area contributed by atoms with Crippen molar-refractivity contribution in [1.82, 2.24) is 0 Å². The Bertz CT molecular complexity index is 418. The van der Waals surface area contributed by atoms with E-state index in [2.05, 4.69) is 0 Å². The highest BCUT2D eigenvalue weighted by Crippen LogP contribution is 2.58. The lowest BCUT2D eigenvalue weighted by Crippen LogP contribution is -2.13. The first-order valence-corrected chi connectivity index (χ1v) is 9.00. The predicted octanol–water partition coefficient (Wildman–Crippen LogP) is 5.15. The van der Waals surface area contributed by atoms with Crippen molar-refractivity contribution in [1.29, 1.82) is 5.26 Å². The number of nitriles is 1. The van der Waals surface area contributed by atoms with Crippen LogP contribution in [0.3, 0.4) is 0 Å². The Morgan fingerprint density at radius 1 is 1.14 bits per heavy atom. The summed E-state index contributed by atoms with van der Waals surface area (Å²) in [4.78, 5) is 0. The maximum absolute atomic E-state index is 12.9. The zero-order valence-corrected chi connectivity index (χ0v) is 14.7. The van der Waals surface area contributed by atoms with Gasteiger partial charge in [0.05, 0.1) is 13.2 Å². The Hall–Kier alpha value is -0.820. The van der Waals surface area contributed by atoms with Crippen LogP contribution in [0.15, 0.2) is 11.1 Å². The number of rotatable bonds is 9. The van der Waals surface area contributed by atoms with Crippen LogP contribution >= 0.6 is 7.60 Å². The van der Waals surface area contributed by atoms with Gasteiger partial charge in [-0.15, -0.1) is 0 Å². The number of aliphatic hydroxyl groups is 1. The average molecular weight is 317 g/mol. The Morgan fingerprint density at radius 3 is 1.86 bits per heavy atom. The van der Waals surface area contributed by atoms with E-state index in [0.717, 1.165) is 25.7 Å². The van der Waals surface area contributed by atoms with E-state index in [9.17, 15) is 14.9 Å². The fourth-order valence-corrected chi connectivity index (χ4v) is 3.21. The highest BCUT2D eigenvalue weighted by Gasteiger charge is 2.37. The van der Waals surface area contributed by atoms with E-state index < -0.39 is 13.0 Å². The van der Waals surface area contributed by atoms with Gasteiger partial charge in [-0.3, -0.25) is 4.57 Å². The Morgan fingerprint density at radius 2 is 1.57 bits per heavy atom. The van der Waals surface area contributed by atoms with Gasteiger partial charge in [0.2, 0.25) is 0 Å². The molecule has 0 aliphatic heterocycles. The molecule has 0 unspecified atom stereocenters. The molecule has 5 nitrogen and oxygen atoms in total. The molecule has 0 aliphatic carbocycles. The molecule has 0 saturated heterocycles. The van der Waals surface area contributed by atoms with Crippen LogP contribution in [0.5, 0.6) is 0 Å². The number of aliphatic hydroxyl groups excluding tert-OH is 1. The number of unbranched alkanes of at least 4 members (excludes halogenated alkanes) is 2. The van der Waals surface area contributed by atoms with Crippen molar-refractivity contribution >= 4 is 7.60 Å². The number of hydrogen-bond donors (Lipinski definition) is 1. The lowest BCUT2D eigenvalue weighted by atomic mass is 9.94. The van der Waals surface area contributed by atoms with Gasteiger partial charge in [-0.05, 0) is 12.8 Å². The Kier molecular flexibility index (Phi) is 8.89. The molecule has 122 valence electrons. The second-order valence-corrected chi connectivity index (χ2v) is 7.89. The van der Waals surface area contributed by atoms with Gasteiger partial charge in [-0.2, -0.15) is 5.26 Å². The molecule has 0 fully saturated rings. The molecule has 0 atom stereocenters. The van der Waals surface area contributed by atoms with Crippen molar-refractivity contribution in [2.75, 3.05) is 13.2 Å². The highest BCUT2D eigenvalue weighted by molar-refractivity contribution is 7.58. The van der Waals surface area contributed by atoms with E-state index in [1.807, 2.05) is 19.9 Å². The van der Waals surface area contributed by atoms with Gasteiger partial charge in [0.1, 0.15) is 11.8 Å². The SMILES string of the molecule is CCCCOP(=O)(OCCCC)/C(C#N)=C(\O)C(C)(C)C. The standard InChI is InChI=1S/C15H28NO4P/c1-6-8-10-19-21(18,20-11-9-7-2)13(12-16)14(17)15(3,4)5/h17H,6-11H2,1-5H3/b14-13-. The number of nitrogens with zero attached hydrogens (tertiary/aromatic N) is 1. The lowest BCUT2D eigenvalue weighted by Gasteiger charge is -2.23. The molecule has 0 spiro atoms. The number of allylic oxidation sites excluding steroid dienone is 2. The van der Waals surface area contributed by atoms with Crippen molar-refractivity contribution in [3.8, 4) is 6.07 Å². The van der Waals surface area contributed by atoms with Gasteiger partial charge in [0.25, 0.3) is 0 Å². The predicted molar refractivity (Wildman–Crippen MR) is 84.0 cm³/mol. The molecule has 0 saturated carbocycles. The van der Waals surface area contributed by atoms with Gasteiger partial charge in [0.15, 0.2) is 5.31 Å². The molecule has 1 N–H and O–H groups in total. The molecule has 0 bridgehead atoms. The maximum atomic E-state index is 12.9. The summed E-state index contributed by atoms with van der Waals surface area (Å²) in [6.45, 7) is 9.66. The van der Waals surface area contributed by atoms with Crippen LogP contribution in [0, 0.1) is 16.7 Å². The summed E-state index contributed by atoms with van der Waals surface area (Å²) in [5.41, 5.74) is -0.692. The minimum atomic E-state index is -3.77. The smallest absolute Gasteiger partial charge is 0.375 e. The van der Waals surface area contributed by atoms with Crippen LogP contribution in [0.2, 0.25) is 0 Å². The number of hydrogen-bond acceptors (Lipinski definition) is 5. The molecule has 0 aliphatic rings. The lowest BCUT2D eigenvalue weighted by molar-refractivity contribution is 0.202. The summed E-state index contributed by atoms with van der Waals surface area (Å²) in [5, 5.41) is 19.3. The summed E-state index contributed by atoms with van der Waals surface area (Å²) in [6, 6.07) is 1.82. The topological polar surface area (TPSA) is 79.5 Å². The van der Waals surface area contributed by atoms with E-state index in [4.69, 9.17) is 9.05 Å². The van der Waals surface area contributed by atoms with Crippen LogP contribution in [0.25, 0.3) is 0 Å². The second kappa shape index (κ2) is 9.25. The first kappa shape index (κ1) is 20.2. The third-order valence-corrected chi connectivity index (χ3v) is 4.74. The van der Waals surface area contributed by atoms with Gasteiger partial charge in [-0.25, -0.2) is 0 Å². The van der Waals surface area contributed by atoms with E-state index in [-0.39, 0.29) is 24.3 Å². The van der Waals surface area contributed by atoms with Crippen LogP contribution in [-0.4, -0.2) is 18.3 Å². The largest absolute Gasteiger partial charge is 0.510 e. The zero-order valence-electron chi connectivity index (χ0n) is 13.8. The van der Waals surface area contributed by atoms with Crippen LogP contribution < -0.4 is 0 Å². The minimum Gasteiger partial charge on any atom is -0.510 e. The van der Waals surface area contributed by atoms with Crippen molar-refractivity contribution < 1.29 is 18.7 Å². The molecular formula is C15H28NO4P. The molecule has 0 aromatic rings. The molecule has 0 heterocycles. The van der Waals surface area contributed by atoms with E-state index in [1.54, 1.807) is 20.8 Å². The molecule has 0 aromatic carbocycles. The van der Waals surface area contributed by atoms with Crippen molar-refractivity contribution in [2.24, 2.45) is 5.41 Å². The van der Waals surface area contributed by atoms with Gasteiger partial charge < -0.3 is 14.2 Å². The Labute approximate surface area is 128 Å². The third-order valence-electron chi connectivity index (χ3n) is 2.83. The van der Waals surface area contributed by atoms with Crippen molar-refractivity contribution in [3.63, 3.8) is 0 Å². The maximum Gasteiger partial charge on any atom is 0.375 e. The summed E-state index contributed by atoms with van der Waals surface area (Å²) in [5.74, 6) is -0.235. The normalized spacial score (nSPS) is 13.7. The van der Waals surface area contributed by atoms with Gasteiger partial charge in [-0.1, -0.05) is 47.5 Å². The third kappa shape index (κ3) is 6.65. The molecule has 0 aromatic heterocycles. The van der Waals surface area contributed by atoms with Gasteiger partial charge >= 0.3 is 7.60 Å².